The van der Waals surface area contributed by atoms with Crippen LogP contribution in [-0.2, 0) is 28.5 Å². The van der Waals surface area contributed by atoms with Crippen molar-refractivity contribution in [2.75, 3.05) is 13.7 Å². The second-order valence-corrected chi connectivity index (χ2v) is 13.4. The molecule has 10 nitrogen and oxygen atoms in total. The van der Waals surface area contributed by atoms with Crippen LogP contribution in [0.1, 0.15) is 71.6 Å². The van der Waals surface area contributed by atoms with E-state index in [1.54, 1.807) is 13.0 Å². The minimum Gasteiger partial charge on any atom is -0.467 e. The first-order chi connectivity index (χ1) is 18.4. The van der Waals surface area contributed by atoms with E-state index in [0.29, 0.717) is 25.7 Å². The molecular formula is C29H42O10. The highest BCUT2D eigenvalue weighted by Crippen LogP contribution is 2.68. The van der Waals surface area contributed by atoms with E-state index in [9.17, 15) is 30.0 Å². The highest BCUT2D eigenvalue weighted by molar-refractivity contribution is 5.85. The fraction of sp³-hybridized carbons (Fsp3) is 0.862. The lowest BCUT2D eigenvalue weighted by atomic mass is 9.46. The van der Waals surface area contributed by atoms with E-state index >= 15 is 0 Å². The van der Waals surface area contributed by atoms with Crippen molar-refractivity contribution in [3.63, 3.8) is 0 Å². The summed E-state index contributed by atoms with van der Waals surface area (Å²) in [6, 6.07) is 0. The third-order valence-corrected chi connectivity index (χ3v) is 11.6. The number of carbonyl (C=O) groups is 2. The fourth-order valence-corrected chi connectivity index (χ4v) is 9.67. The van der Waals surface area contributed by atoms with E-state index < -0.39 is 52.8 Å². The minimum atomic E-state index is -1.96. The Morgan fingerprint density at radius 3 is 2.54 bits per heavy atom. The molecular weight excluding hydrogens is 508 g/mol. The monoisotopic (exact) mass is 550 g/mol. The number of aliphatic hydroxyl groups excluding tert-OH is 1. The molecule has 4 saturated carbocycles. The zero-order valence-electron chi connectivity index (χ0n) is 23.0. The Morgan fingerprint density at radius 2 is 1.85 bits per heavy atom. The van der Waals surface area contributed by atoms with Gasteiger partial charge in [-0.2, -0.15) is 0 Å². The Bertz CT molecular complexity index is 1060. The van der Waals surface area contributed by atoms with Crippen LogP contribution >= 0.6 is 0 Å². The Morgan fingerprint density at radius 1 is 1.08 bits per heavy atom. The van der Waals surface area contributed by atoms with Crippen molar-refractivity contribution in [3.05, 3.63) is 11.6 Å². The zero-order chi connectivity index (χ0) is 28.0. The molecule has 4 N–H and O–H groups in total. The van der Waals surface area contributed by atoms with Crippen molar-refractivity contribution >= 4 is 11.9 Å². The molecule has 0 aromatic rings. The molecule has 12 atom stereocenters. The Labute approximate surface area is 228 Å². The first kappa shape index (κ1) is 27.6. The standard InChI is InChI=1S/C29H42O10/c1-15-12-28(34,24(32)36-3)25(38-15)39-22-11-17-4-5-20-19(27(17,33)13-21(22)30)6-8-26(2)18(7-9-29(20,26)35)16-10-23(31)37-14-16/h10,15,17-22,25,30,33-35H,4-9,11-14H2,1-3H3/t15-,17+,18-,19+,20-,21-,22-,25+,26-,27-,28+,29+/m1/s1. The first-order valence-corrected chi connectivity index (χ1v) is 14.5. The average molecular weight is 551 g/mol. The van der Waals surface area contributed by atoms with Gasteiger partial charge in [-0.1, -0.05) is 6.92 Å². The van der Waals surface area contributed by atoms with Crippen LogP contribution in [0.15, 0.2) is 11.6 Å². The number of aliphatic hydroxyl groups is 4. The summed E-state index contributed by atoms with van der Waals surface area (Å²) in [5.41, 5.74) is -3.54. The number of methoxy groups -OCH3 is 1. The van der Waals surface area contributed by atoms with E-state index in [1.807, 2.05) is 0 Å². The average Bonchev–Trinajstić information content (AvgIpc) is 3.52. The molecule has 0 bridgehead atoms. The maximum absolute atomic E-state index is 12.3. The third-order valence-electron chi connectivity index (χ3n) is 11.6. The molecule has 0 aromatic carbocycles. The predicted molar refractivity (Wildman–Crippen MR) is 135 cm³/mol. The largest absolute Gasteiger partial charge is 0.467 e. The number of hydrogen-bond acceptors (Lipinski definition) is 10. The summed E-state index contributed by atoms with van der Waals surface area (Å²) in [4.78, 5) is 24.1. The Kier molecular flexibility index (Phi) is 6.53. The van der Waals surface area contributed by atoms with E-state index in [0.717, 1.165) is 24.8 Å². The maximum Gasteiger partial charge on any atom is 0.343 e. The van der Waals surface area contributed by atoms with Gasteiger partial charge in [-0.15, -0.1) is 0 Å². The van der Waals surface area contributed by atoms with Gasteiger partial charge < -0.3 is 39.4 Å². The lowest BCUT2D eigenvalue weighted by molar-refractivity contribution is -0.279. The molecule has 10 heteroatoms. The van der Waals surface area contributed by atoms with Crippen molar-refractivity contribution in [1.29, 1.82) is 0 Å². The smallest absolute Gasteiger partial charge is 0.343 e. The van der Waals surface area contributed by atoms with Crippen LogP contribution < -0.4 is 0 Å². The summed E-state index contributed by atoms with van der Waals surface area (Å²) < 4.78 is 21.8. The summed E-state index contributed by atoms with van der Waals surface area (Å²) in [6.45, 7) is 4.15. The van der Waals surface area contributed by atoms with Crippen molar-refractivity contribution in [2.24, 2.45) is 29.1 Å². The van der Waals surface area contributed by atoms with E-state index in [4.69, 9.17) is 18.9 Å². The summed E-state index contributed by atoms with van der Waals surface area (Å²) >= 11 is 0. The molecule has 1 saturated heterocycles. The fourth-order valence-electron chi connectivity index (χ4n) is 9.67. The molecule has 0 aromatic heterocycles. The molecule has 2 aliphatic heterocycles. The van der Waals surface area contributed by atoms with E-state index in [1.165, 1.54) is 7.11 Å². The van der Waals surface area contributed by atoms with Gasteiger partial charge in [0.25, 0.3) is 0 Å². The second-order valence-electron chi connectivity index (χ2n) is 13.4. The van der Waals surface area contributed by atoms with Gasteiger partial charge in [0.05, 0.1) is 36.6 Å². The molecule has 4 aliphatic carbocycles. The van der Waals surface area contributed by atoms with Gasteiger partial charge in [0.2, 0.25) is 5.60 Å². The van der Waals surface area contributed by atoms with E-state index in [-0.39, 0.29) is 49.1 Å². The zero-order valence-corrected chi connectivity index (χ0v) is 23.0. The van der Waals surface area contributed by atoms with Gasteiger partial charge in [0, 0.05) is 24.3 Å². The number of esters is 2. The number of hydrogen-bond donors (Lipinski definition) is 4. The molecule has 6 rings (SSSR count). The van der Waals surface area contributed by atoms with Crippen LogP contribution in [0.2, 0.25) is 0 Å². The first-order valence-electron chi connectivity index (χ1n) is 14.5. The second kappa shape index (κ2) is 9.22. The van der Waals surface area contributed by atoms with Crippen LogP contribution in [0.5, 0.6) is 0 Å². The maximum atomic E-state index is 12.3. The molecule has 0 amide bonds. The van der Waals surface area contributed by atoms with Crippen molar-refractivity contribution < 1.29 is 49.0 Å². The molecule has 218 valence electrons. The highest BCUT2D eigenvalue weighted by atomic mass is 16.7. The summed E-state index contributed by atoms with van der Waals surface area (Å²) in [5, 5.41) is 46.7. The molecule has 0 radical (unpaired) electrons. The van der Waals surface area contributed by atoms with Crippen molar-refractivity contribution in [3.8, 4) is 0 Å². The minimum absolute atomic E-state index is 0.0276. The molecule has 39 heavy (non-hydrogen) atoms. The van der Waals surface area contributed by atoms with Crippen LogP contribution in [0.25, 0.3) is 0 Å². The Balaban J connectivity index is 1.20. The van der Waals surface area contributed by atoms with E-state index in [2.05, 4.69) is 6.92 Å². The molecule has 6 aliphatic rings. The van der Waals surface area contributed by atoms with Gasteiger partial charge in [-0.25, -0.2) is 9.59 Å². The van der Waals surface area contributed by atoms with Crippen LogP contribution in [0.3, 0.4) is 0 Å². The highest BCUT2D eigenvalue weighted by Gasteiger charge is 2.69. The van der Waals surface area contributed by atoms with Crippen LogP contribution in [0, 0.1) is 29.1 Å². The summed E-state index contributed by atoms with van der Waals surface area (Å²) in [7, 11) is 1.20. The third kappa shape index (κ3) is 3.89. The Hall–Kier alpha value is -1.56. The molecule has 5 fully saturated rings. The molecule has 0 spiro atoms. The van der Waals surface area contributed by atoms with Gasteiger partial charge in [-0.05, 0) is 81.1 Å². The van der Waals surface area contributed by atoms with Gasteiger partial charge in [0.15, 0.2) is 6.29 Å². The van der Waals surface area contributed by atoms with Gasteiger partial charge in [0.1, 0.15) is 6.61 Å². The molecule has 0 unspecified atom stereocenters. The lowest BCUT2D eigenvalue weighted by Crippen LogP contribution is -2.67. The van der Waals surface area contributed by atoms with Crippen LogP contribution in [0.4, 0.5) is 0 Å². The van der Waals surface area contributed by atoms with Crippen LogP contribution in [-0.4, -0.2) is 87.5 Å². The summed E-state index contributed by atoms with van der Waals surface area (Å²) in [5.74, 6) is -1.53. The number of cyclic esters (lactones) is 1. The number of fused-ring (bicyclic) bond motifs is 5. The summed E-state index contributed by atoms with van der Waals surface area (Å²) in [6.07, 6.45) is 2.85. The normalized spacial score (nSPS) is 52.9. The quantitative estimate of drug-likeness (QED) is 0.378. The number of rotatable bonds is 4. The SMILES string of the molecule is COC(=O)[C@@]1(O)C[C@@H](C)O[C@H]1O[C@@H]1C[C@@H]2CC[C@@H]3[C@H](CC[C@]4(C)[C@@H](C5=CC(=O)OC5)CC[C@]34O)[C@@]2(O)C[C@H]1O. The molecule has 2 heterocycles. The van der Waals surface area contributed by atoms with Gasteiger partial charge >= 0.3 is 11.9 Å². The van der Waals surface area contributed by atoms with Crippen molar-refractivity contribution in [1.82, 2.24) is 0 Å². The van der Waals surface area contributed by atoms with Gasteiger partial charge in [-0.3, -0.25) is 0 Å². The lowest BCUT2D eigenvalue weighted by Gasteiger charge is -2.63. The predicted octanol–water partition coefficient (Wildman–Crippen LogP) is 1.36. The topological polar surface area (TPSA) is 152 Å². The number of carbonyl (C=O) groups excluding carboxylic acids is 2. The number of ether oxygens (including phenoxy) is 4. The van der Waals surface area contributed by atoms with Crippen molar-refractivity contribution in [2.45, 2.75) is 113 Å².